The fourth-order valence-corrected chi connectivity index (χ4v) is 3.80. The molecule has 1 heterocycles. The van der Waals surface area contributed by atoms with Gasteiger partial charge in [-0.1, -0.05) is 26.0 Å². The first-order valence-electron chi connectivity index (χ1n) is 8.93. The molecule has 0 saturated carbocycles. The van der Waals surface area contributed by atoms with E-state index in [1.54, 1.807) is 11.8 Å². The Labute approximate surface area is 155 Å². The van der Waals surface area contributed by atoms with Gasteiger partial charge >= 0.3 is 0 Å². The van der Waals surface area contributed by atoms with Crippen LogP contribution in [0, 0.1) is 0 Å². The fourth-order valence-electron chi connectivity index (χ4n) is 2.85. The van der Waals surface area contributed by atoms with Gasteiger partial charge in [0.2, 0.25) is 5.91 Å². The molecule has 0 bridgehead atoms. The molecular formula is C19H29N3O2S. The maximum Gasteiger partial charge on any atom is 0.255 e. The Morgan fingerprint density at radius 2 is 1.72 bits per heavy atom. The van der Waals surface area contributed by atoms with Gasteiger partial charge in [0.25, 0.3) is 5.91 Å². The summed E-state index contributed by atoms with van der Waals surface area (Å²) in [6.07, 6.45) is 0. The van der Waals surface area contributed by atoms with Crippen LogP contribution in [0.3, 0.4) is 0 Å². The molecule has 2 rings (SSSR count). The summed E-state index contributed by atoms with van der Waals surface area (Å²) in [7, 11) is 0. The first-order chi connectivity index (χ1) is 11.9. The van der Waals surface area contributed by atoms with Gasteiger partial charge in [0.05, 0.1) is 12.1 Å². The molecule has 25 heavy (non-hydrogen) atoms. The van der Waals surface area contributed by atoms with Crippen molar-refractivity contribution in [3.8, 4) is 0 Å². The summed E-state index contributed by atoms with van der Waals surface area (Å²) in [5, 5.41) is 3.35. The Hall–Kier alpha value is -1.53. The number of benzene rings is 1. The fraction of sp³-hybridized carbons (Fsp3) is 0.579. The maximum atomic E-state index is 12.9. The monoisotopic (exact) mass is 363 g/mol. The largest absolute Gasteiger partial charge is 0.353 e. The molecule has 1 saturated heterocycles. The predicted octanol–water partition coefficient (Wildman–Crippen LogP) is 2.47. The molecule has 138 valence electrons. The number of carbonyl (C=O) groups excluding carboxylic acids is 2. The first kappa shape index (κ1) is 19.8. The lowest BCUT2D eigenvalue weighted by molar-refractivity contribution is -0.123. The zero-order valence-corrected chi connectivity index (χ0v) is 16.4. The lowest BCUT2D eigenvalue weighted by Crippen LogP contribution is -2.51. The molecule has 1 aliphatic heterocycles. The third kappa shape index (κ3) is 6.04. The van der Waals surface area contributed by atoms with Gasteiger partial charge in [0.1, 0.15) is 0 Å². The molecule has 0 spiro atoms. The van der Waals surface area contributed by atoms with E-state index in [1.807, 2.05) is 43.0 Å². The number of carbonyl (C=O) groups is 2. The van der Waals surface area contributed by atoms with E-state index < -0.39 is 0 Å². The van der Waals surface area contributed by atoms with Crippen molar-refractivity contribution in [2.75, 3.05) is 32.7 Å². The molecule has 1 aromatic rings. The Morgan fingerprint density at radius 1 is 1.08 bits per heavy atom. The smallest absolute Gasteiger partial charge is 0.255 e. The van der Waals surface area contributed by atoms with E-state index in [9.17, 15) is 9.59 Å². The molecule has 6 heteroatoms. The average molecular weight is 364 g/mol. The van der Waals surface area contributed by atoms with Crippen molar-refractivity contribution in [3.63, 3.8) is 0 Å². The molecule has 1 aliphatic rings. The summed E-state index contributed by atoms with van der Waals surface area (Å²) >= 11 is 1.72. The summed E-state index contributed by atoms with van der Waals surface area (Å²) in [5.41, 5.74) is 0.784. The lowest BCUT2D eigenvalue weighted by atomic mass is 10.2. The molecule has 5 nitrogen and oxygen atoms in total. The third-order valence-electron chi connectivity index (χ3n) is 3.96. The van der Waals surface area contributed by atoms with Gasteiger partial charge in [0, 0.05) is 42.4 Å². The Morgan fingerprint density at radius 3 is 2.32 bits per heavy atom. The summed E-state index contributed by atoms with van der Waals surface area (Å²) in [6, 6.07) is 7.99. The van der Waals surface area contributed by atoms with E-state index in [4.69, 9.17) is 0 Å². The topological polar surface area (TPSA) is 52.7 Å². The Bertz CT molecular complexity index is 596. The minimum atomic E-state index is 0.0495. The van der Waals surface area contributed by atoms with Crippen molar-refractivity contribution >= 4 is 23.6 Å². The van der Waals surface area contributed by atoms with Crippen molar-refractivity contribution < 1.29 is 9.59 Å². The van der Waals surface area contributed by atoms with Crippen LogP contribution in [-0.4, -0.2) is 65.6 Å². The number of hydrogen-bond acceptors (Lipinski definition) is 4. The number of piperazine rings is 1. The highest BCUT2D eigenvalue weighted by Crippen LogP contribution is 2.27. The van der Waals surface area contributed by atoms with Gasteiger partial charge in [-0.2, -0.15) is 0 Å². The second-order valence-electron chi connectivity index (χ2n) is 6.95. The molecule has 2 amide bonds. The second kappa shape index (κ2) is 9.25. The minimum absolute atomic E-state index is 0.0495. The van der Waals surface area contributed by atoms with Gasteiger partial charge in [-0.15, -0.1) is 11.8 Å². The number of rotatable bonds is 6. The van der Waals surface area contributed by atoms with Crippen LogP contribution in [0.25, 0.3) is 0 Å². The van der Waals surface area contributed by atoms with Crippen LogP contribution in [0.2, 0.25) is 0 Å². The molecule has 1 N–H and O–H groups in total. The predicted molar refractivity (Wildman–Crippen MR) is 103 cm³/mol. The van der Waals surface area contributed by atoms with Gasteiger partial charge in [-0.3, -0.25) is 14.5 Å². The highest BCUT2D eigenvalue weighted by molar-refractivity contribution is 8.00. The summed E-state index contributed by atoms with van der Waals surface area (Å²) in [6.45, 7) is 11.4. The van der Waals surface area contributed by atoms with E-state index in [-0.39, 0.29) is 17.9 Å². The highest BCUT2D eigenvalue weighted by atomic mass is 32.2. The minimum Gasteiger partial charge on any atom is -0.353 e. The van der Waals surface area contributed by atoms with Crippen molar-refractivity contribution in [2.24, 2.45) is 0 Å². The summed E-state index contributed by atoms with van der Waals surface area (Å²) in [4.78, 5) is 29.8. The van der Waals surface area contributed by atoms with Crippen LogP contribution in [0.1, 0.15) is 38.1 Å². The average Bonchev–Trinajstić information content (AvgIpc) is 2.54. The molecule has 0 aromatic heterocycles. The van der Waals surface area contributed by atoms with Crippen LogP contribution >= 0.6 is 11.8 Å². The van der Waals surface area contributed by atoms with Crippen LogP contribution in [-0.2, 0) is 4.79 Å². The standard InChI is InChI=1S/C19H29N3O2S/c1-14(2)20-18(23)13-21-9-11-22(12-10-21)19(24)16-7-5-6-8-17(16)25-15(3)4/h5-8,14-15H,9-13H2,1-4H3,(H,20,23). The van der Waals surface area contributed by atoms with E-state index >= 15 is 0 Å². The van der Waals surface area contributed by atoms with Gasteiger partial charge in [0.15, 0.2) is 0 Å². The van der Waals surface area contributed by atoms with E-state index in [0.717, 1.165) is 23.5 Å². The normalized spacial score (nSPS) is 15.7. The van der Waals surface area contributed by atoms with Crippen LogP contribution in [0.15, 0.2) is 29.2 Å². The first-order valence-corrected chi connectivity index (χ1v) is 9.81. The number of nitrogens with one attached hydrogen (secondary N) is 1. The Kier molecular flexibility index (Phi) is 7.32. The highest BCUT2D eigenvalue weighted by Gasteiger charge is 2.25. The number of hydrogen-bond donors (Lipinski definition) is 1. The van der Waals surface area contributed by atoms with Gasteiger partial charge in [-0.25, -0.2) is 0 Å². The SMILES string of the molecule is CC(C)NC(=O)CN1CCN(C(=O)c2ccccc2SC(C)C)CC1. The molecule has 1 fully saturated rings. The molecule has 1 aromatic carbocycles. The van der Waals surface area contributed by atoms with Gasteiger partial charge < -0.3 is 10.2 Å². The summed E-state index contributed by atoms with van der Waals surface area (Å²) < 4.78 is 0. The number of thioether (sulfide) groups is 1. The van der Waals surface area contributed by atoms with E-state index in [1.165, 1.54) is 0 Å². The Balaban J connectivity index is 1.92. The summed E-state index contributed by atoms with van der Waals surface area (Å²) in [5.74, 6) is 0.142. The zero-order chi connectivity index (χ0) is 18.4. The van der Waals surface area contributed by atoms with Crippen molar-refractivity contribution in [3.05, 3.63) is 29.8 Å². The van der Waals surface area contributed by atoms with Crippen molar-refractivity contribution in [2.45, 2.75) is 43.9 Å². The molecule has 0 atom stereocenters. The molecule has 0 radical (unpaired) electrons. The van der Waals surface area contributed by atoms with E-state index in [2.05, 4.69) is 24.1 Å². The lowest BCUT2D eigenvalue weighted by Gasteiger charge is -2.34. The second-order valence-corrected chi connectivity index (χ2v) is 8.57. The number of amides is 2. The van der Waals surface area contributed by atoms with Crippen LogP contribution in [0.4, 0.5) is 0 Å². The van der Waals surface area contributed by atoms with Gasteiger partial charge in [-0.05, 0) is 26.0 Å². The molecular weight excluding hydrogens is 334 g/mol. The third-order valence-corrected chi connectivity index (χ3v) is 5.04. The number of nitrogens with zero attached hydrogens (tertiary/aromatic N) is 2. The van der Waals surface area contributed by atoms with E-state index in [0.29, 0.717) is 24.9 Å². The zero-order valence-electron chi connectivity index (χ0n) is 15.6. The van der Waals surface area contributed by atoms with Crippen molar-refractivity contribution in [1.29, 1.82) is 0 Å². The molecule has 0 unspecified atom stereocenters. The quantitative estimate of drug-likeness (QED) is 0.789. The molecule has 0 aliphatic carbocycles. The van der Waals surface area contributed by atoms with Crippen LogP contribution in [0.5, 0.6) is 0 Å². The van der Waals surface area contributed by atoms with Crippen LogP contribution < -0.4 is 5.32 Å². The van der Waals surface area contributed by atoms with Crippen molar-refractivity contribution in [1.82, 2.24) is 15.1 Å². The maximum absolute atomic E-state index is 12.9.